The van der Waals surface area contributed by atoms with E-state index in [4.69, 9.17) is 37.7 Å². The van der Waals surface area contributed by atoms with Gasteiger partial charge in [0, 0.05) is 90.1 Å². The number of Topliss-reactive ketones (excluding diaryl/α,β-unsaturated/α-hetero) is 1. The molecule has 109 heavy (non-hydrogen) atoms. The number of ether oxygens (including phenoxy) is 6. The molecule has 13 rings (SSSR count). The Labute approximate surface area is 676 Å². The molecule has 1 saturated carbocycles. The van der Waals surface area contributed by atoms with E-state index in [0.29, 0.717) is 57.1 Å². The molecule has 8 heterocycles. The van der Waals surface area contributed by atoms with Crippen LogP contribution in [0.15, 0.2) is 75.2 Å². The monoisotopic (exact) mass is 1560 g/mol. The third kappa shape index (κ3) is 28.8. The molecule has 0 aromatic heterocycles. The average molecular weight is 1570 g/mol. The van der Waals surface area contributed by atoms with Gasteiger partial charge in [0.15, 0.2) is 11.6 Å². The fraction of sp³-hybridized carbons (Fsp3) is 0.802. The first-order valence-corrected chi connectivity index (χ1v) is 41.5. The minimum Gasteiger partial charge on any atom is -1.00 e. The van der Waals surface area contributed by atoms with Gasteiger partial charge in [-0.05, 0) is 256 Å². The molecule has 2 spiro atoms. The minimum atomic E-state index is -5.84. The quantitative estimate of drug-likeness (QED) is 0.0800. The van der Waals surface area contributed by atoms with Crippen LogP contribution >= 0.6 is 0 Å². The maximum atomic E-state index is 12.6. The summed E-state index contributed by atoms with van der Waals surface area (Å²) in [6.07, 6.45) is 34.4. The van der Waals surface area contributed by atoms with Gasteiger partial charge in [0.2, 0.25) is 5.88 Å². The van der Waals surface area contributed by atoms with Crippen molar-refractivity contribution in [2.75, 3.05) is 59.2 Å². The molecule has 0 aromatic rings. The van der Waals surface area contributed by atoms with Gasteiger partial charge in [0.05, 0.1) is 49.8 Å². The van der Waals surface area contributed by atoms with Gasteiger partial charge in [-0.25, -0.2) is 14.5 Å². The summed E-state index contributed by atoms with van der Waals surface area (Å²) < 4.78 is 109. The summed E-state index contributed by atoms with van der Waals surface area (Å²) in [4.78, 5) is 42.9. The Kier molecular flexibility index (Phi) is 35.9. The molecule has 2 amide bonds. The smallest absolute Gasteiger partial charge is 1.00 e. The molecule has 13 aliphatic rings. The van der Waals surface area contributed by atoms with E-state index in [2.05, 4.69) is 106 Å². The number of alkyl halides is 3. The number of allylic oxidation sites excluding steroid dienone is 6. The number of nitrogens with zero attached hydrogens (tertiary/aromatic N) is 3. The standard InChI is InChI=1S/C19H29NO4.C14H23BO4.C12H18F3NO5S.C12H23NO.C12H21NO.C12H17NO.B.Na.H/c1-14-5-6-16(20(13-14)17(21)24-18(2,3)4)15-7-9-19(10-8-15)22-11-12-23-19;1-12(2)13(3,4)19-15(18-12)11-5-7-14(8-6-11)16-9-10-17-14;1-8-5-6-9(21-22(18,19)12(13,14)15)16(7-8)10(17)20-11(2,3)4;3*1-9-2-7-12(13-8-9)10-3-5-11(14)6-4-10;;;/h6-7,14H,5,8-13H2,1-4H3;5H,6-10H2,1-4H3;6,8H,5,7H2,1-4H3;9-14H,2-8H2,1H3;3,9,11-14H,2,4-8H2,1H3;3,9H,2,4-8H2,1H3;;;/q;;;;;;;+1;-1. The SMILES string of the molecule is CC1(C)OB(C2=CCC3(CC2)OCCO3)OC1(C)C.CC1CC=C(C2=CCC3(CC2)OCCO3)N(C(=O)OC(C)(C)C)C1.CC1CC=C(OS(=O)(=O)C(F)(F)F)N(C(=O)OC(C)(C)C)C1.CC1CCC(C2=CCC(=O)CC2)=NC1.CC1CCC(C2=CCC(O)CC2)NC1.CC1CCC(C2CCC(O)CC2)NC1.[B].[H-].[Na+]. The number of aliphatic hydroxyl groups excluding tert-OH is 2. The Bertz CT molecular complexity index is 3270. The van der Waals surface area contributed by atoms with Gasteiger partial charge in [-0.2, -0.15) is 21.6 Å². The van der Waals surface area contributed by atoms with Crippen molar-refractivity contribution in [2.24, 2.45) is 40.5 Å². The van der Waals surface area contributed by atoms with Crippen LogP contribution in [-0.2, 0) is 56.8 Å². The zero-order valence-electron chi connectivity index (χ0n) is 69.7. The molecule has 4 N–H and O–H groups in total. The van der Waals surface area contributed by atoms with E-state index in [0.717, 1.165) is 156 Å². The van der Waals surface area contributed by atoms with E-state index >= 15 is 0 Å². The molecule has 8 aliphatic heterocycles. The first kappa shape index (κ1) is 94.4. The van der Waals surface area contributed by atoms with E-state index in [1.54, 1.807) is 38.2 Å². The van der Waals surface area contributed by atoms with Crippen LogP contribution in [0.3, 0.4) is 0 Å². The van der Waals surface area contributed by atoms with Crippen LogP contribution < -0.4 is 40.2 Å². The minimum absolute atomic E-state index is 0. The molecule has 6 fully saturated rings. The number of aliphatic imine (C=N–C) groups is 1. The van der Waals surface area contributed by atoms with Gasteiger partial charge in [0.1, 0.15) is 17.0 Å². The number of halogens is 3. The van der Waals surface area contributed by atoms with Crippen molar-refractivity contribution >= 4 is 49.3 Å². The molecule has 0 aromatic carbocycles. The van der Waals surface area contributed by atoms with Crippen LogP contribution in [0.1, 0.15) is 259 Å². The zero-order valence-corrected chi connectivity index (χ0v) is 71.5. The number of ketones is 1. The van der Waals surface area contributed by atoms with Crippen molar-refractivity contribution in [2.45, 2.75) is 322 Å². The molecule has 0 bridgehead atoms. The molecule has 5 saturated heterocycles. The fourth-order valence-electron chi connectivity index (χ4n) is 15.4. The van der Waals surface area contributed by atoms with Crippen molar-refractivity contribution in [3.8, 4) is 0 Å². The maximum absolute atomic E-state index is 12.6. The normalized spacial score (nSPS) is 30.1. The van der Waals surface area contributed by atoms with Gasteiger partial charge in [-0.3, -0.25) is 14.7 Å². The van der Waals surface area contributed by atoms with E-state index in [1.807, 2.05) is 20.8 Å². The number of aliphatic hydroxyl groups is 2. The summed E-state index contributed by atoms with van der Waals surface area (Å²) in [5.74, 6) is 2.53. The van der Waals surface area contributed by atoms with Gasteiger partial charge >= 0.3 is 64.5 Å². The first-order valence-electron chi connectivity index (χ1n) is 40.1. The number of nitrogens with one attached hydrogen (secondary N) is 2. The number of carbonyl (C=O) groups is 3. The third-order valence-corrected chi connectivity index (χ3v) is 23.7. The molecular weight excluding hydrogens is 1430 g/mol. The number of hydrogen-bond donors (Lipinski definition) is 4. The summed E-state index contributed by atoms with van der Waals surface area (Å²) in [6.45, 7) is 36.4. The first-order chi connectivity index (χ1) is 50.1. The topological polar surface area (TPSA) is 252 Å². The molecule has 8 atom stereocenters. The Morgan fingerprint density at radius 2 is 1.16 bits per heavy atom. The van der Waals surface area contributed by atoms with Gasteiger partial charge in [-0.15, -0.1) is 0 Å². The van der Waals surface area contributed by atoms with Crippen molar-refractivity contribution in [1.29, 1.82) is 0 Å². The molecule has 28 heteroatoms. The van der Waals surface area contributed by atoms with Gasteiger partial charge in [0.25, 0.3) is 0 Å². The predicted octanol–water partition coefficient (Wildman–Crippen LogP) is 12.5. The zero-order chi connectivity index (χ0) is 78.3. The molecular formula is C81H132B2F3N5NaO16S. The van der Waals surface area contributed by atoms with Crippen molar-refractivity contribution in [1.82, 2.24) is 20.4 Å². The number of carbonyl (C=O) groups excluding carboxylic acids is 3. The summed E-state index contributed by atoms with van der Waals surface area (Å²) >= 11 is 0. The van der Waals surface area contributed by atoms with Crippen LogP contribution in [0, 0.1) is 35.5 Å². The number of amides is 2. The number of rotatable bonds is 7. The molecule has 8 unspecified atom stereocenters. The second-order valence-electron chi connectivity index (χ2n) is 35.2. The average Bonchev–Trinajstić information content (AvgIpc) is 1.59. The molecule has 21 nitrogen and oxygen atoms in total. The van der Waals surface area contributed by atoms with Gasteiger partial charge < -0.3 is 64.2 Å². The fourth-order valence-corrected chi connectivity index (χ4v) is 15.8. The Balaban J connectivity index is 0.000000238. The summed E-state index contributed by atoms with van der Waals surface area (Å²) in [7, 11) is -6.06. The van der Waals surface area contributed by atoms with E-state index in [1.165, 1.54) is 73.8 Å². The summed E-state index contributed by atoms with van der Waals surface area (Å²) in [5.41, 5.74) is 0.120. The van der Waals surface area contributed by atoms with E-state index in [-0.39, 0.29) is 101 Å². The second-order valence-corrected chi connectivity index (χ2v) is 36.8. The Morgan fingerprint density at radius 1 is 0.606 bits per heavy atom. The van der Waals surface area contributed by atoms with Crippen LogP contribution in [0.5, 0.6) is 0 Å². The van der Waals surface area contributed by atoms with E-state index in [9.17, 15) is 46.2 Å². The molecule has 3 radical (unpaired) electrons. The van der Waals surface area contributed by atoms with Crippen molar-refractivity contribution in [3.05, 3.63) is 70.2 Å². The predicted molar refractivity (Wildman–Crippen MR) is 416 cm³/mol. The van der Waals surface area contributed by atoms with Crippen molar-refractivity contribution in [3.63, 3.8) is 0 Å². The van der Waals surface area contributed by atoms with Crippen molar-refractivity contribution < 1.29 is 119 Å². The van der Waals surface area contributed by atoms with Crippen LogP contribution in [-0.4, -0.2) is 191 Å². The Morgan fingerprint density at radius 3 is 1.62 bits per heavy atom. The third-order valence-electron chi connectivity index (χ3n) is 22.7. The second kappa shape index (κ2) is 41.4. The van der Waals surface area contributed by atoms with Crippen LogP contribution in [0.2, 0.25) is 0 Å². The maximum Gasteiger partial charge on any atom is 1.00 e. The summed E-state index contributed by atoms with van der Waals surface area (Å²) in [5, 5.41) is 26.1. The number of piperidine rings is 2. The molecule has 611 valence electrons. The van der Waals surface area contributed by atoms with E-state index < -0.39 is 44.6 Å². The largest absolute Gasteiger partial charge is 1.00 e. The van der Waals surface area contributed by atoms with Crippen LogP contribution in [0.4, 0.5) is 22.8 Å². The molecule has 5 aliphatic carbocycles. The van der Waals surface area contributed by atoms with Gasteiger partial charge in [-0.1, -0.05) is 70.6 Å². The summed E-state index contributed by atoms with van der Waals surface area (Å²) in [6, 6.07) is 1.36. The van der Waals surface area contributed by atoms with Crippen LogP contribution in [0.25, 0.3) is 0 Å². The Hall–Kier alpha value is -3.41. The number of hydrogen-bond acceptors (Lipinski definition) is 19.